The van der Waals surface area contributed by atoms with E-state index in [-0.39, 0.29) is 4.83 Å². The molecule has 166 valence electrons. The number of hydrogen-bond donors (Lipinski definition) is 0. The summed E-state index contributed by atoms with van der Waals surface area (Å²) < 4.78 is 0. The second-order valence-electron chi connectivity index (χ2n) is 12.5. The summed E-state index contributed by atoms with van der Waals surface area (Å²) in [5.41, 5.74) is 0.979. The van der Waals surface area contributed by atoms with E-state index in [0.29, 0.717) is 22.5 Å². The van der Waals surface area contributed by atoms with Crippen LogP contribution in [-0.2, 0) is 4.79 Å². The van der Waals surface area contributed by atoms with Gasteiger partial charge in [-0.3, -0.25) is 4.79 Å². The zero-order chi connectivity index (χ0) is 21.0. The second-order valence-corrected chi connectivity index (χ2v) is 13.6. The first-order chi connectivity index (χ1) is 13.7. The van der Waals surface area contributed by atoms with Gasteiger partial charge in [-0.1, -0.05) is 69.8 Å². The average Bonchev–Trinajstić information content (AvgIpc) is 3.00. The molecule has 1 nitrogen and oxygen atoms in total. The van der Waals surface area contributed by atoms with Crippen molar-refractivity contribution < 1.29 is 4.79 Å². The lowest BCUT2D eigenvalue weighted by Crippen LogP contribution is -2.55. The summed E-state index contributed by atoms with van der Waals surface area (Å²) in [5.74, 6) is 6.56. The molecule has 4 aliphatic rings. The first-order valence-electron chi connectivity index (χ1n) is 12.8. The number of halogens is 1. The van der Waals surface area contributed by atoms with E-state index in [4.69, 9.17) is 0 Å². The molecule has 7 unspecified atom stereocenters. The van der Waals surface area contributed by atoms with Crippen LogP contribution in [0.5, 0.6) is 0 Å². The van der Waals surface area contributed by atoms with Crippen molar-refractivity contribution in [3.05, 3.63) is 0 Å². The molecule has 0 radical (unpaired) electrons. The Hall–Kier alpha value is 0.150. The first kappa shape index (κ1) is 22.3. The van der Waals surface area contributed by atoms with Gasteiger partial charge in [0, 0.05) is 6.42 Å². The van der Waals surface area contributed by atoms with Gasteiger partial charge in [-0.25, -0.2) is 0 Å². The van der Waals surface area contributed by atoms with Crippen molar-refractivity contribution in [2.24, 2.45) is 52.3 Å². The molecule has 0 aromatic carbocycles. The highest BCUT2D eigenvalue weighted by Crippen LogP contribution is 2.68. The molecule has 9 atom stereocenters. The van der Waals surface area contributed by atoms with Gasteiger partial charge in [0.25, 0.3) is 0 Å². The minimum atomic E-state index is 0.119. The fraction of sp³-hybridized carbons (Fsp3) is 0.963. The van der Waals surface area contributed by atoms with E-state index in [1.165, 1.54) is 57.8 Å². The number of alkyl halides is 1. The molecule has 0 spiro atoms. The Morgan fingerprint density at radius 2 is 1.69 bits per heavy atom. The van der Waals surface area contributed by atoms with E-state index in [1.807, 2.05) is 0 Å². The molecule has 0 aliphatic heterocycles. The van der Waals surface area contributed by atoms with Crippen LogP contribution in [0.1, 0.15) is 105 Å². The van der Waals surface area contributed by atoms with E-state index in [2.05, 4.69) is 50.5 Å². The Bertz CT molecular complexity index is 614. The van der Waals surface area contributed by atoms with Crippen molar-refractivity contribution in [1.82, 2.24) is 0 Å². The quantitative estimate of drug-likeness (QED) is 0.375. The predicted octanol–water partition coefficient (Wildman–Crippen LogP) is 8.05. The Kier molecular flexibility index (Phi) is 6.36. The molecule has 0 amide bonds. The molecule has 29 heavy (non-hydrogen) atoms. The molecule has 4 rings (SSSR count). The summed E-state index contributed by atoms with van der Waals surface area (Å²) >= 11 is 3.75. The number of hydrogen-bond acceptors (Lipinski definition) is 1. The van der Waals surface area contributed by atoms with E-state index < -0.39 is 0 Å². The highest BCUT2D eigenvalue weighted by Gasteiger charge is 2.61. The molecule has 2 heteroatoms. The lowest BCUT2D eigenvalue weighted by molar-refractivity contribution is -0.139. The predicted molar refractivity (Wildman–Crippen MR) is 126 cm³/mol. The highest BCUT2D eigenvalue weighted by atomic mass is 79.9. The number of carbonyl (C=O) groups is 1. The van der Waals surface area contributed by atoms with Crippen molar-refractivity contribution in [3.63, 3.8) is 0 Å². The molecule has 4 aliphatic carbocycles. The third-order valence-electron chi connectivity index (χ3n) is 10.7. The highest BCUT2D eigenvalue weighted by molar-refractivity contribution is 9.10. The minimum Gasteiger partial charge on any atom is -0.298 e. The standard InChI is InChI=1S/C27H45BrO/c1-17(2)7-6-8-18(3)21-11-12-22-20-10-9-19-15-25(29)24(28)16-27(19,5)23(20)13-14-26(21,22)4/h17-24H,6-16H2,1-5H3/t18?,19-,20?,21?,22?,23?,24+,26?,27?/m0/s1. The summed E-state index contributed by atoms with van der Waals surface area (Å²) in [6.45, 7) is 12.6. The number of Topliss-reactive ketones (excluding diaryl/α,β-unsaturated/α-hetero) is 1. The fourth-order valence-corrected chi connectivity index (χ4v) is 9.97. The smallest absolute Gasteiger partial charge is 0.146 e. The zero-order valence-corrected chi connectivity index (χ0v) is 21.3. The Morgan fingerprint density at radius 1 is 0.966 bits per heavy atom. The monoisotopic (exact) mass is 464 g/mol. The van der Waals surface area contributed by atoms with Crippen LogP contribution in [0.4, 0.5) is 0 Å². The Balaban J connectivity index is 1.48. The third kappa shape index (κ3) is 3.80. The molecule has 0 N–H and O–H groups in total. The van der Waals surface area contributed by atoms with Crippen molar-refractivity contribution in [2.75, 3.05) is 0 Å². The molecular formula is C27H45BrO. The molecule has 4 fully saturated rings. The molecule has 0 bridgehead atoms. The first-order valence-corrected chi connectivity index (χ1v) is 13.7. The maximum absolute atomic E-state index is 12.4. The molecular weight excluding hydrogens is 420 g/mol. The van der Waals surface area contributed by atoms with Crippen molar-refractivity contribution in [1.29, 1.82) is 0 Å². The van der Waals surface area contributed by atoms with Crippen LogP contribution in [0.25, 0.3) is 0 Å². The van der Waals surface area contributed by atoms with Gasteiger partial charge >= 0.3 is 0 Å². The maximum Gasteiger partial charge on any atom is 0.146 e. The van der Waals surface area contributed by atoms with Crippen LogP contribution in [0.2, 0.25) is 0 Å². The SMILES string of the molecule is CC(C)CCCC(C)C1CCC2C3CC[C@H]4CC(=O)[C@H](Br)CC4(C)C3CCC12C. The van der Waals surface area contributed by atoms with E-state index >= 15 is 0 Å². The summed E-state index contributed by atoms with van der Waals surface area (Å²) in [4.78, 5) is 12.5. The molecule has 0 aromatic heterocycles. The van der Waals surface area contributed by atoms with Gasteiger partial charge in [-0.2, -0.15) is 0 Å². The van der Waals surface area contributed by atoms with Crippen molar-refractivity contribution in [2.45, 2.75) is 110 Å². The number of rotatable bonds is 5. The second kappa shape index (κ2) is 8.25. The van der Waals surface area contributed by atoms with Crippen molar-refractivity contribution >= 4 is 21.7 Å². The lowest BCUT2D eigenvalue weighted by atomic mass is 9.44. The fourth-order valence-electron chi connectivity index (χ4n) is 9.08. The van der Waals surface area contributed by atoms with E-state index in [1.54, 1.807) is 0 Å². The Labute approximate surface area is 188 Å². The van der Waals surface area contributed by atoms with Gasteiger partial charge in [0.15, 0.2) is 0 Å². The maximum atomic E-state index is 12.4. The minimum absolute atomic E-state index is 0.119. The van der Waals surface area contributed by atoms with E-state index in [9.17, 15) is 4.79 Å². The lowest BCUT2D eigenvalue weighted by Gasteiger charge is -2.61. The topological polar surface area (TPSA) is 17.1 Å². The van der Waals surface area contributed by atoms with Gasteiger partial charge < -0.3 is 0 Å². The van der Waals surface area contributed by atoms with Crippen LogP contribution < -0.4 is 0 Å². The molecule has 0 saturated heterocycles. The summed E-state index contributed by atoms with van der Waals surface area (Å²) in [5, 5.41) is 0. The van der Waals surface area contributed by atoms with Crippen molar-refractivity contribution in [3.8, 4) is 0 Å². The van der Waals surface area contributed by atoms with Gasteiger partial charge in [-0.05, 0) is 97.2 Å². The van der Waals surface area contributed by atoms with E-state index in [0.717, 1.165) is 48.3 Å². The van der Waals surface area contributed by atoms with Crippen LogP contribution in [0.3, 0.4) is 0 Å². The third-order valence-corrected chi connectivity index (χ3v) is 11.5. The summed E-state index contributed by atoms with van der Waals surface area (Å²) in [6, 6.07) is 0. The van der Waals surface area contributed by atoms with Gasteiger partial charge in [0.05, 0.1) is 4.83 Å². The average molecular weight is 466 g/mol. The number of carbonyl (C=O) groups excluding carboxylic acids is 1. The molecule has 0 heterocycles. The largest absolute Gasteiger partial charge is 0.298 e. The summed E-state index contributed by atoms with van der Waals surface area (Å²) in [7, 11) is 0. The van der Waals surface area contributed by atoms with Crippen LogP contribution in [0, 0.1) is 52.3 Å². The Morgan fingerprint density at radius 3 is 2.41 bits per heavy atom. The van der Waals surface area contributed by atoms with Crippen LogP contribution >= 0.6 is 15.9 Å². The number of ketones is 1. The van der Waals surface area contributed by atoms with Gasteiger partial charge in [0.1, 0.15) is 5.78 Å². The molecule has 4 saturated carbocycles. The van der Waals surface area contributed by atoms with Gasteiger partial charge in [0.2, 0.25) is 0 Å². The summed E-state index contributed by atoms with van der Waals surface area (Å²) in [6.07, 6.45) is 14.7. The zero-order valence-electron chi connectivity index (χ0n) is 19.7. The molecule has 0 aromatic rings. The normalized spacial score (nSPS) is 48.2. The number of fused-ring (bicyclic) bond motifs is 5. The van der Waals surface area contributed by atoms with Crippen LogP contribution in [0.15, 0.2) is 0 Å². The van der Waals surface area contributed by atoms with Gasteiger partial charge in [-0.15, -0.1) is 0 Å². The van der Waals surface area contributed by atoms with Crippen LogP contribution in [-0.4, -0.2) is 10.6 Å².